The average Bonchev–Trinajstić information content (AvgIpc) is 2.27. The van der Waals surface area contributed by atoms with E-state index >= 15 is 0 Å². The Balaban J connectivity index is 2.91. The molecule has 0 saturated heterocycles. The third-order valence-corrected chi connectivity index (χ3v) is 2.17. The van der Waals surface area contributed by atoms with E-state index in [0.29, 0.717) is 5.56 Å². The topological polar surface area (TPSA) is 77.1 Å². The molecule has 0 aliphatic heterocycles. The maximum atomic E-state index is 9.57. The zero-order valence-corrected chi connectivity index (χ0v) is 8.22. The van der Waals surface area contributed by atoms with E-state index in [1.54, 1.807) is 6.07 Å². The van der Waals surface area contributed by atoms with Crippen LogP contribution in [0.4, 0.5) is 0 Å². The van der Waals surface area contributed by atoms with Crippen LogP contribution in [0.5, 0.6) is 0 Å². The summed E-state index contributed by atoms with van der Waals surface area (Å²) in [5.74, 6) is 0.158. The van der Waals surface area contributed by atoms with Crippen molar-refractivity contribution in [3.8, 4) is 6.07 Å². The summed E-state index contributed by atoms with van der Waals surface area (Å²) < 4.78 is 0. The Morgan fingerprint density at radius 1 is 1.57 bits per heavy atom. The second-order valence-corrected chi connectivity index (χ2v) is 3.15. The Kier molecular flexibility index (Phi) is 3.89. The highest BCUT2D eigenvalue weighted by Crippen LogP contribution is 2.17. The van der Waals surface area contributed by atoms with E-state index in [1.165, 1.54) is 12.3 Å². The normalized spacial score (nSPS) is 14.4. The molecule has 0 aromatic carbocycles. The molecule has 2 N–H and O–H groups in total. The number of hydrogen-bond acceptors (Lipinski definition) is 5. The maximum absolute atomic E-state index is 9.57. The van der Waals surface area contributed by atoms with Crippen LogP contribution in [0.25, 0.3) is 0 Å². The van der Waals surface area contributed by atoms with Gasteiger partial charge in [0.2, 0.25) is 0 Å². The zero-order chi connectivity index (χ0) is 10.6. The van der Waals surface area contributed by atoms with Crippen molar-refractivity contribution in [3.63, 3.8) is 0 Å². The van der Waals surface area contributed by atoms with Gasteiger partial charge in [0.15, 0.2) is 0 Å². The van der Waals surface area contributed by atoms with Crippen LogP contribution in [0.2, 0.25) is 0 Å². The van der Waals surface area contributed by atoms with Crippen LogP contribution in [-0.2, 0) is 0 Å². The smallest absolute Gasteiger partial charge is 0.140 e. The Morgan fingerprint density at radius 2 is 2.29 bits per heavy atom. The van der Waals surface area contributed by atoms with Crippen molar-refractivity contribution in [1.29, 1.82) is 5.26 Å². The van der Waals surface area contributed by atoms with Gasteiger partial charge in [0.05, 0.1) is 6.10 Å². The minimum Gasteiger partial charge on any atom is -0.389 e. The monoisotopic (exact) mass is 210 g/mol. The Morgan fingerprint density at radius 3 is 2.86 bits per heavy atom. The predicted molar refractivity (Wildman–Crippen MR) is 53.8 cm³/mol. The van der Waals surface area contributed by atoms with Crippen molar-refractivity contribution in [2.45, 2.75) is 12.2 Å². The summed E-state index contributed by atoms with van der Waals surface area (Å²) in [6.45, 7) is 0. The lowest BCUT2D eigenvalue weighted by atomic mass is 10.1. The summed E-state index contributed by atoms with van der Waals surface area (Å²) >= 11 is 3.86. The molecule has 1 aromatic heterocycles. The number of pyridine rings is 1. The van der Waals surface area contributed by atoms with Crippen LogP contribution < -0.4 is 0 Å². The Hall–Kier alpha value is -1.09. The van der Waals surface area contributed by atoms with E-state index in [0.717, 1.165) is 0 Å². The fourth-order valence-electron chi connectivity index (χ4n) is 1.01. The van der Waals surface area contributed by atoms with Crippen LogP contribution in [0, 0.1) is 11.3 Å². The molecule has 5 heteroatoms. The van der Waals surface area contributed by atoms with Gasteiger partial charge >= 0.3 is 0 Å². The minimum absolute atomic E-state index is 0.158. The fraction of sp³-hybridized carbons (Fsp3) is 0.333. The summed E-state index contributed by atoms with van der Waals surface area (Å²) in [5.41, 5.74) is 0.686. The van der Waals surface area contributed by atoms with E-state index in [1.807, 2.05) is 6.07 Å². The highest BCUT2D eigenvalue weighted by molar-refractivity contribution is 7.80. The molecule has 4 nitrogen and oxygen atoms in total. The van der Waals surface area contributed by atoms with Crippen molar-refractivity contribution in [2.24, 2.45) is 0 Å². The standard InChI is InChI=1S/C9H10N2O2S/c10-4-7-3-6(1-2-11-7)9(13)8(12)5-14/h1-3,8-9,12-14H,5H2. The molecule has 1 rings (SSSR count). The molecule has 2 unspecified atom stereocenters. The molecule has 0 spiro atoms. The van der Waals surface area contributed by atoms with Crippen LogP contribution in [0.1, 0.15) is 17.4 Å². The van der Waals surface area contributed by atoms with Gasteiger partial charge in [-0.15, -0.1) is 0 Å². The fourth-order valence-corrected chi connectivity index (χ4v) is 1.21. The zero-order valence-electron chi connectivity index (χ0n) is 7.33. The Bertz CT molecular complexity index is 351. The molecule has 0 bridgehead atoms. The van der Waals surface area contributed by atoms with Gasteiger partial charge in [0.25, 0.3) is 0 Å². The molecular formula is C9H10N2O2S. The van der Waals surface area contributed by atoms with Crippen molar-refractivity contribution in [3.05, 3.63) is 29.6 Å². The van der Waals surface area contributed by atoms with Gasteiger partial charge in [-0.1, -0.05) is 0 Å². The summed E-state index contributed by atoms with van der Waals surface area (Å²) in [5, 5.41) is 27.5. The van der Waals surface area contributed by atoms with Crippen molar-refractivity contribution in [2.75, 3.05) is 5.75 Å². The quantitative estimate of drug-likeness (QED) is 0.626. The van der Waals surface area contributed by atoms with Gasteiger partial charge in [-0.25, -0.2) is 4.98 Å². The lowest BCUT2D eigenvalue weighted by Gasteiger charge is -2.15. The molecule has 0 fully saturated rings. The number of aromatic nitrogens is 1. The second kappa shape index (κ2) is 4.96. The van der Waals surface area contributed by atoms with Crippen LogP contribution in [0.3, 0.4) is 0 Å². The first-order chi connectivity index (χ1) is 6.69. The van der Waals surface area contributed by atoms with Gasteiger partial charge < -0.3 is 10.2 Å². The number of aliphatic hydroxyl groups excluding tert-OH is 2. The Labute approximate surface area is 87.2 Å². The maximum Gasteiger partial charge on any atom is 0.140 e. The first-order valence-corrected chi connectivity index (χ1v) is 4.65. The van der Waals surface area contributed by atoms with Gasteiger partial charge in [0.1, 0.15) is 17.9 Å². The molecule has 1 heterocycles. The molecule has 0 aliphatic carbocycles. The van der Waals surface area contributed by atoms with E-state index in [2.05, 4.69) is 17.6 Å². The number of hydrogen-bond donors (Lipinski definition) is 3. The van der Waals surface area contributed by atoms with Gasteiger partial charge in [-0.3, -0.25) is 0 Å². The van der Waals surface area contributed by atoms with Gasteiger partial charge in [-0.2, -0.15) is 17.9 Å². The molecule has 0 amide bonds. The molecule has 14 heavy (non-hydrogen) atoms. The lowest BCUT2D eigenvalue weighted by Crippen LogP contribution is -2.19. The van der Waals surface area contributed by atoms with Crippen LogP contribution in [0.15, 0.2) is 18.3 Å². The first kappa shape index (κ1) is 11.0. The number of aliphatic hydroxyl groups is 2. The van der Waals surface area contributed by atoms with Crippen molar-refractivity contribution >= 4 is 12.6 Å². The molecule has 2 atom stereocenters. The minimum atomic E-state index is -1.03. The van der Waals surface area contributed by atoms with E-state index in [9.17, 15) is 10.2 Å². The SMILES string of the molecule is N#Cc1cc(C(O)C(O)CS)ccn1. The molecule has 74 valence electrons. The molecular weight excluding hydrogens is 200 g/mol. The summed E-state index contributed by atoms with van der Waals surface area (Å²) in [6, 6.07) is 4.85. The third-order valence-electron chi connectivity index (χ3n) is 1.79. The first-order valence-electron chi connectivity index (χ1n) is 4.02. The van der Waals surface area contributed by atoms with E-state index in [-0.39, 0.29) is 11.4 Å². The van der Waals surface area contributed by atoms with Crippen LogP contribution >= 0.6 is 12.6 Å². The van der Waals surface area contributed by atoms with E-state index in [4.69, 9.17) is 5.26 Å². The number of nitriles is 1. The largest absolute Gasteiger partial charge is 0.389 e. The molecule has 0 radical (unpaired) electrons. The van der Waals surface area contributed by atoms with Crippen molar-refractivity contribution < 1.29 is 10.2 Å². The van der Waals surface area contributed by atoms with Crippen molar-refractivity contribution in [1.82, 2.24) is 4.98 Å². The highest BCUT2D eigenvalue weighted by Gasteiger charge is 2.16. The summed E-state index contributed by atoms with van der Waals surface area (Å²) in [4.78, 5) is 3.75. The van der Waals surface area contributed by atoms with E-state index < -0.39 is 12.2 Å². The van der Waals surface area contributed by atoms with Gasteiger partial charge in [-0.05, 0) is 17.7 Å². The highest BCUT2D eigenvalue weighted by atomic mass is 32.1. The average molecular weight is 210 g/mol. The van der Waals surface area contributed by atoms with Gasteiger partial charge in [0, 0.05) is 11.9 Å². The summed E-state index contributed by atoms with van der Waals surface area (Å²) in [6.07, 6.45) is -0.544. The molecule has 1 aromatic rings. The summed E-state index contributed by atoms with van der Waals surface area (Å²) in [7, 11) is 0. The predicted octanol–water partition coefficient (Wildman–Crippen LogP) is 0.277. The number of rotatable bonds is 3. The lowest BCUT2D eigenvalue weighted by molar-refractivity contribution is 0.0337. The molecule has 0 saturated carbocycles. The number of thiol groups is 1. The van der Waals surface area contributed by atoms with Crippen LogP contribution in [-0.4, -0.2) is 27.1 Å². The molecule has 0 aliphatic rings. The third kappa shape index (κ3) is 2.45. The number of nitrogens with zero attached hydrogens (tertiary/aromatic N) is 2. The second-order valence-electron chi connectivity index (χ2n) is 2.78.